The van der Waals surface area contributed by atoms with E-state index < -0.39 is 12.3 Å². The van der Waals surface area contributed by atoms with Crippen LogP contribution in [0.3, 0.4) is 0 Å². The number of rotatable bonds is 5. The molecule has 3 unspecified atom stereocenters. The first-order valence-corrected chi connectivity index (χ1v) is 6.59. The van der Waals surface area contributed by atoms with Crippen LogP contribution in [0.25, 0.3) is 0 Å². The zero-order valence-corrected chi connectivity index (χ0v) is 11.0. The predicted octanol–water partition coefficient (Wildman–Crippen LogP) is 1.62. The Morgan fingerprint density at radius 2 is 2.06 bits per heavy atom. The van der Waals surface area contributed by atoms with Gasteiger partial charge in [0.1, 0.15) is 0 Å². The Kier molecular flexibility index (Phi) is 5.88. The first-order valence-electron chi connectivity index (χ1n) is 6.59. The van der Waals surface area contributed by atoms with Crippen LogP contribution in [0.2, 0.25) is 0 Å². The van der Waals surface area contributed by atoms with Gasteiger partial charge in [-0.2, -0.15) is 13.2 Å². The minimum Gasteiger partial charge on any atom is -0.382 e. The van der Waals surface area contributed by atoms with Gasteiger partial charge in [0.15, 0.2) is 6.10 Å². The number of likely N-dealkylation sites (tertiary alicyclic amines) is 1. The minimum absolute atomic E-state index is 0.307. The molecule has 0 bridgehead atoms. The summed E-state index contributed by atoms with van der Waals surface area (Å²) in [6, 6.07) is 0.388. The summed E-state index contributed by atoms with van der Waals surface area (Å²) in [4.78, 5) is 1.72. The molecule has 3 atom stereocenters. The highest BCUT2D eigenvalue weighted by Gasteiger charge is 2.40. The molecule has 18 heavy (non-hydrogen) atoms. The van der Waals surface area contributed by atoms with Crippen molar-refractivity contribution in [1.29, 1.82) is 0 Å². The van der Waals surface area contributed by atoms with Crippen molar-refractivity contribution >= 4 is 0 Å². The molecule has 1 fully saturated rings. The number of nitrogens with one attached hydrogen (secondary N) is 1. The van der Waals surface area contributed by atoms with Crippen molar-refractivity contribution < 1.29 is 18.3 Å². The van der Waals surface area contributed by atoms with Crippen LogP contribution in [0.1, 0.15) is 26.7 Å². The molecule has 3 nitrogen and oxygen atoms in total. The molecular weight excluding hydrogens is 245 g/mol. The summed E-state index contributed by atoms with van der Waals surface area (Å²) < 4.78 is 36.9. The van der Waals surface area contributed by atoms with Gasteiger partial charge in [0, 0.05) is 19.1 Å². The lowest BCUT2D eigenvalue weighted by atomic mass is 9.89. The smallest absolute Gasteiger partial charge is 0.382 e. The van der Waals surface area contributed by atoms with Gasteiger partial charge in [-0.25, -0.2) is 0 Å². The second-order valence-electron chi connectivity index (χ2n) is 4.94. The average molecular weight is 268 g/mol. The molecular formula is C12H23F3N2O. The third kappa shape index (κ3) is 4.40. The van der Waals surface area contributed by atoms with E-state index in [4.69, 9.17) is 5.11 Å². The van der Waals surface area contributed by atoms with E-state index in [1.807, 2.05) is 6.92 Å². The first kappa shape index (κ1) is 15.7. The number of hydrogen-bond donors (Lipinski definition) is 2. The summed E-state index contributed by atoms with van der Waals surface area (Å²) in [5.74, 6) is 0.360. The number of piperidine rings is 1. The number of alkyl halides is 3. The number of nitrogens with zero attached hydrogens (tertiary/aromatic N) is 1. The van der Waals surface area contributed by atoms with E-state index in [2.05, 4.69) is 12.2 Å². The van der Waals surface area contributed by atoms with Gasteiger partial charge in [0.2, 0.25) is 0 Å². The third-order valence-electron chi connectivity index (χ3n) is 3.62. The van der Waals surface area contributed by atoms with Crippen molar-refractivity contribution in [3.8, 4) is 0 Å². The molecule has 0 saturated carbocycles. The molecule has 1 rings (SSSR count). The van der Waals surface area contributed by atoms with E-state index in [-0.39, 0.29) is 6.54 Å². The predicted molar refractivity (Wildman–Crippen MR) is 64.4 cm³/mol. The summed E-state index contributed by atoms with van der Waals surface area (Å²) in [6.07, 6.45) is -4.96. The largest absolute Gasteiger partial charge is 0.415 e. The summed E-state index contributed by atoms with van der Waals surface area (Å²) >= 11 is 0. The van der Waals surface area contributed by atoms with Crippen LogP contribution < -0.4 is 5.32 Å². The fraction of sp³-hybridized carbons (Fsp3) is 1.00. The monoisotopic (exact) mass is 268 g/mol. The van der Waals surface area contributed by atoms with Gasteiger partial charge in [0.05, 0.1) is 0 Å². The Morgan fingerprint density at radius 3 is 2.56 bits per heavy atom. The molecule has 108 valence electrons. The molecule has 0 radical (unpaired) electrons. The molecule has 0 aromatic carbocycles. The highest BCUT2D eigenvalue weighted by atomic mass is 19.4. The van der Waals surface area contributed by atoms with Crippen LogP contribution in [-0.2, 0) is 0 Å². The molecule has 0 aliphatic carbocycles. The van der Waals surface area contributed by atoms with Crippen molar-refractivity contribution in [1.82, 2.24) is 10.2 Å². The molecule has 2 N–H and O–H groups in total. The van der Waals surface area contributed by atoms with Gasteiger partial charge in [0.25, 0.3) is 0 Å². The van der Waals surface area contributed by atoms with Crippen molar-refractivity contribution in [2.45, 2.75) is 45.0 Å². The van der Waals surface area contributed by atoms with E-state index in [1.54, 1.807) is 4.90 Å². The molecule has 6 heteroatoms. The lowest BCUT2D eigenvalue weighted by molar-refractivity contribution is -0.209. The minimum atomic E-state index is -4.51. The van der Waals surface area contributed by atoms with Gasteiger partial charge in [-0.05, 0) is 25.4 Å². The lowest BCUT2D eigenvalue weighted by Crippen LogP contribution is -2.52. The molecule has 0 spiro atoms. The first-order chi connectivity index (χ1) is 8.38. The van der Waals surface area contributed by atoms with E-state index >= 15 is 0 Å². The summed E-state index contributed by atoms with van der Waals surface area (Å²) in [5, 5.41) is 12.5. The lowest BCUT2D eigenvalue weighted by Gasteiger charge is -2.39. The molecule has 0 amide bonds. The van der Waals surface area contributed by atoms with Gasteiger partial charge >= 0.3 is 6.18 Å². The van der Waals surface area contributed by atoms with Crippen molar-refractivity contribution in [3.05, 3.63) is 0 Å². The maximum absolute atomic E-state index is 12.3. The number of halogens is 3. The number of aliphatic hydroxyl groups excluding tert-OH is 1. The normalized spacial score (nSPS) is 28.3. The Bertz CT molecular complexity index is 248. The molecule has 1 heterocycles. The Balaban J connectivity index is 2.47. The fourth-order valence-corrected chi connectivity index (χ4v) is 2.57. The number of hydrogen-bond acceptors (Lipinski definition) is 3. The zero-order valence-electron chi connectivity index (χ0n) is 11.0. The van der Waals surface area contributed by atoms with Crippen molar-refractivity contribution in [2.24, 2.45) is 5.92 Å². The van der Waals surface area contributed by atoms with Crippen LogP contribution in [0, 0.1) is 5.92 Å². The van der Waals surface area contributed by atoms with E-state index in [0.29, 0.717) is 25.0 Å². The molecule has 1 saturated heterocycles. The maximum Gasteiger partial charge on any atom is 0.415 e. The van der Waals surface area contributed by atoms with Gasteiger partial charge in [-0.3, -0.25) is 0 Å². The highest BCUT2D eigenvalue weighted by molar-refractivity contribution is 4.85. The topological polar surface area (TPSA) is 35.5 Å². The van der Waals surface area contributed by atoms with E-state index in [9.17, 15) is 13.2 Å². The Labute approximate surface area is 106 Å². The molecule has 0 aromatic rings. The SMILES string of the molecule is CCNC1CCN(CC(O)C(F)(F)F)CC1CC. The van der Waals surface area contributed by atoms with Crippen LogP contribution >= 0.6 is 0 Å². The Morgan fingerprint density at radius 1 is 1.39 bits per heavy atom. The van der Waals surface area contributed by atoms with Gasteiger partial charge in [-0.15, -0.1) is 0 Å². The van der Waals surface area contributed by atoms with Crippen LogP contribution in [0.5, 0.6) is 0 Å². The molecule has 1 aliphatic rings. The van der Waals surface area contributed by atoms with E-state index in [0.717, 1.165) is 19.4 Å². The average Bonchev–Trinajstić information content (AvgIpc) is 2.30. The van der Waals surface area contributed by atoms with Crippen LogP contribution in [0.4, 0.5) is 13.2 Å². The fourth-order valence-electron chi connectivity index (χ4n) is 2.57. The highest BCUT2D eigenvalue weighted by Crippen LogP contribution is 2.24. The standard InChI is InChI=1S/C12H23F3N2O/c1-3-9-7-17(6-5-10(9)16-4-2)8-11(18)12(13,14)15/h9-11,16,18H,3-8H2,1-2H3. The van der Waals surface area contributed by atoms with Crippen molar-refractivity contribution in [2.75, 3.05) is 26.2 Å². The zero-order chi connectivity index (χ0) is 13.8. The quantitative estimate of drug-likeness (QED) is 0.795. The van der Waals surface area contributed by atoms with Crippen LogP contribution in [-0.4, -0.2) is 54.5 Å². The number of aliphatic hydroxyl groups is 1. The van der Waals surface area contributed by atoms with Crippen LogP contribution in [0.15, 0.2) is 0 Å². The summed E-state index contributed by atoms with van der Waals surface area (Å²) in [6.45, 7) is 5.90. The molecule has 1 aliphatic heterocycles. The van der Waals surface area contributed by atoms with Gasteiger partial charge in [-0.1, -0.05) is 20.3 Å². The van der Waals surface area contributed by atoms with Gasteiger partial charge < -0.3 is 15.3 Å². The van der Waals surface area contributed by atoms with E-state index in [1.165, 1.54) is 0 Å². The number of β-amino-alcohol motifs (C(OH)–C–C–N with tert-alkyl or cyclic N) is 1. The summed E-state index contributed by atoms with van der Waals surface area (Å²) in [7, 11) is 0. The summed E-state index contributed by atoms with van der Waals surface area (Å²) in [5.41, 5.74) is 0. The maximum atomic E-state index is 12.3. The third-order valence-corrected chi connectivity index (χ3v) is 3.62. The Hall–Kier alpha value is -0.330. The van der Waals surface area contributed by atoms with Crippen molar-refractivity contribution in [3.63, 3.8) is 0 Å². The second kappa shape index (κ2) is 6.73. The second-order valence-corrected chi connectivity index (χ2v) is 4.94. The molecule has 0 aromatic heterocycles.